The maximum Gasteiger partial charge on any atom is 0.232 e. The highest BCUT2D eigenvalue weighted by Crippen LogP contribution is 2.34. The second kappa shape index (κ2) is 8.23. The summed E-state index contributed by atoms with van der Waals surface area (Å²) in [5, 5.41) is 0. The molecule has 0 saturated carbocycles. The second-order valence-electron chi connectivity index (χ2n) is 7.37. The molecule has 2 N–H and O–H groups in total. The van der Waals surface area contributed by atoms with E-state index in [-0.39, 0.29) is 36.6 Å². The number of benzene rings is 2. The molecule has 28 heavy (non-hydrogen) atoms. The molecular formula is C22H26ClN3O2. The molecule has 2 aliphatic heterocycles. The number of hydrogen-bond acceptors (Lipinski definition) is 3. The highest BCUT2D eigenvalue weighted by molar-refractivity contribution is 6.05. The minimum atomic E-state index is -0.310. The van der Waals surface area contributed by atoms with Crippen LogP contribution in [0.25, 0.3) is 0 Å². The second-order valence-corrected chi connectivity index (χ2v) is 7.37. The third-order valence-corrected chi connectivity index (χ3v) is 5.66. The van der Waals surface area contributed by atoms with Crippen LogP contribution in [0.1, 0.15) is 30.9 Å². The quantitative estimate of drug-likeness (QED) is 0.802. The van der Waals surface area contributed by atoms with Gasteiger partial charge in [0.25, 0.3) is 0 Å². The Morgan fingerprint density at radius 1 is 1.21 bits per heavy atom. The molecule has 2 amide bonds. The Morgan fingerprint density at radius 3 is 2.79 bits per heavy atom. The van der Waals surface area contributed by atoms with Crippen molar-refractivity contribution in [1.82, 2.24) is 0 Å². The normalized spacial score (nSPS) is 18.6. The van der Waals surface area contributed by atoms with Gasteiger partial charge in [-0.05, 0) is 54.7 Å². The number of amides is 2. The van der Waals surface area contributed by atoms with E-state index in [2.05, 4.69) is 13.0 Å². The van der Waals surface area contributed by atoms with E-state index in [9.17, 15) is 9.59 Å². The molecule has 6 heteroatoms. The summed E-state index contributed by atoms with van der Waals surface area (Å²) in [5.74, 6) is -0.259. The van der Waals surface area contributed by atoms with Gasteiger partial charge in [0.05, 0.1) is 5.92 Å². The van der Waals surface area contributed by atoms with Crippen LogP contribution in [0.4, 0.5) is 17.1 Å². The highest BCUT2D eigenvalue weighted by atomic mass is 35.5. The zero-order valence-electron chi connectivity index (χ0n) is 16.1. The van der Waals surface area contributed by atoms with Crippen molar-refractivity contribution in [3.63, 3.8) is 0 Å². The topological polar surface area (TPSA) is 66.6 Å². The first kappa shape index (κ1) is 20.2. The summed E-state index contributed by atoms with van der Waals surface area (Å²) in [5.41, 5.74) is 10.9. The van der Waals surface area contributed by atoms with Crippen LogP contribution in [0.2, 0.25) is 0 Å². The Kier molecular flexibility index (Phi) is 5.94. The molecule has 1 saturated heterocycles. The van der Waals surface area contributed by atoms with Crippen molar-refractivity contribution in [2.45, 2.75) is 32.6 Å². The van der Waals surface area contributed by atoms with Gasteiger partial charge in [0.1, 0.15) is 0 Å². The first-order valence-corrected chi connectivity index (χ1v) is 9.66. The number of fused-ring (bicyclic) bond motifs is 1. The van der Waals surface area contributed by atoms with Crippen molar-refractivity contribution < 1.29 is 9.59 Å². The molecule has 4 rings (SSSR count). The number of nitrogen functional groups attached to an aromatic ring is 1. The lowest BCUT2D eigenvalue weighted by Gasteiger charge is -2.32. The number of nitrogens with two attached hydrogens (primary N) is 1. The number of carbonyl (C=O) groups excluding carboxylic acids is 2. The van der Waals surface area contributed by atoms with Gasteiger partial charge in [-0.15, -0.1) is 12.4 Å². The Bertz CT molecular complexity index is 899. The Morgan fingerprint density at radius 2 is 2.00 bits per heavy atom. The van der Waals surface area contributed by atoms with E-state index >= 15 is 0 Å². The standard InChI is InChI=1S/C22H25N3O2.ClH/c1-2-15-6-3-7-17(12-15)25-14-16(13-21(25)26)22(27)24-11-5-8-18-19(23)9-4-10-20(18)24;/h3-4,6-7,9-10,12,16H,2,5,8,11,13-14,23H2,1H3;1H. The Balaban J connectivity index is 0.00000225. The van der Waals surface area contributed by atoms with E-state index < -0.39 is 0 Å². The van der Waals surface area contributed by atoms with Gasteiger partial charge in [-0.25, -0.2) is 0 Å². The first-order valence-electron chi connectivity index (χ1n) is 9.66. The first-order chi connectivity index (χ1) is 13.1. The zero-order chi connectivity index (χ0) is 19.0. The summed E-state index contributed by atoms with van der Waals surface area (Å²) in [6.07, 6.45) is 2.98. The maximum atomic E-state index is 13.2. The van der Waals surface area contributed by atoms with Gasteiger partial charge in [0.15, 0.2) is 0 Å². The molecule has 0 aromatic heterocycles. The van der Waals surface area contributed by atoms with Crippen LogP contribution >= 0.6 is 12.4 Å². The van der Waals surface area contributed by atoms with E-state index in [4.69, 9.17) is 5.73 Å². The number of halogens is 1. The minimum absolute atomic E-state index is 0. The number of aryl methyl sites for hydroxylation is 1. The predicted molar refractivity (Wildman–Crippen MR) is 115 cm³/mol. The number of carbonyl (C=O) groups is 2. The molecule has 2 aromatic rings. The molecule has 2 aromatic carbocycles. The fourth-order valence-corrected chi connectivity index (χ4v) is 4.17. The minimum Gasteiger partial charge on any atom is -0.398 e. The molecule has 148 valence electrons. The van der Waals surface area contributed by atoms with E-state index in [1.54, 1.807) is 4.90 Å². The third-order valence-electron chi connectivity index (χ3n) is 5.66. The van der Waals surface area contributed by atoms with Crippen molar-refractivity contribution in [3.8, 4) is 0 Å². The maximum absolute atomic E-state index is 13.2. The van der Waals surface area contributed by atoms with Crippen LogP contribution < -0.4 is 15.5 Å². The average molecular weight is 400 g/mol. The van der Waals surface area contributed by atoms with E-state index in [0.717, 1.165) is 41.9 Å². The summed E-state index contributed by atoms with van der Waals surface area (Å²) in [4.78, 5) is 29.4. The number of hydrogen-bond donors (Lipinski definition) is 1. The summed E-state index contributed by atoms with van der Waals surface area (Å²) in [6, 6.07) is 13.8. The van der Waals surface area contributed by atoms with E-state index in [1.165, 1.54) is 5.56 Å². The molecule has 0 bridgehead atoms. The lowest BCUT2D eigenvalue weighted by molar-refractivity contribution is -0.124. The van der Waals surface area contributed by atoms with Crippen LogP contribution in [-0.4, -0.2) is 24.9 Å². The summed E-state index contributed by atoms with van der Waals surface area (Å²) in [6.45, 7) is 3.22. The SMILES string of the molecule is CCc1cccc(N2CC(C(=O)N3CCCc4c(N)cccc43)CC2=O)c1.Cl. The van der Waals surface area contributed by atoms with Crippen molar-refractivity contribution >= 4 is 41.3 Å². The van der Waals surface area contributed by atoms with E-state index in [1.807, 2.05) is 41.3 Å². The van der Waals surface area contributed by atoms with Gasteiger partial charge in [0.2, 0.25) is 11.8 Å². The Labute approximate surface area is 171 Å². The van der Waals surface area contributed by atoms with Gasteiger partial charge in [-0.3, -0.25) is 9.59 Å². The predicted octanol–water partition coefficient (Wildman–Crippen LogP) is 3.59. The molecule has 1 unspecified atom stereocenters. The van der Waals surface area contributed by atoms with E-state index in [0.29, 0.717) is 13.1 Å². The van der Waals surface area contributed by atoms with Gasteiger partial charge in [0, 0.05) is 36.6 Å². The molecule has 0 radical (unpaired) electrons. The van der Waals surface area contributed by atoms with Gasteiger partial charge in [-0.2, -0.15) is 0 Å². The summed E-state index contributed by atoms with van der Waals surface area (Å²) >= 11 is 0. The van der Waals surface area contributed by atoms with Crippen molar-refractivity contribution in [3.05, 3.63) is 53.6 Å². The van der Waals surface area contributed by atoms with Crippen LogP contribution in [0.15, 0.2) is 42.5 Å². The zero-order valence-corrected chi connectivity index (χ0v) is 16.9. The molecule has 2 heterocycles. The van der Waals surface area contributed by atoms with Crippen molar-refractivity contribution in [2.75, 3.05) is 28.6 Å². The van der Waals surface area contributed by atoms with Crippen LogP contribution in [0, 0.1) is 5.92 Å². The van der Waals surface area contributed by atoms with Crippen LogP contribution in [0.3, 0.4) is 0 Å². The monoisotopic (exact) mass is 399 g/mol. The largest absolute Gasteiger partial charge is 0.398 e. The molecule has 1 atom stereocenters. The van der Waals surface area contributed by atoms with Crippen molar-refractivity contribution in [1.29, 1.82) is 0 Å². The molecule has 2 aliphatic rings. The molecule has 0 aliphatic carbocycles. The molecule has 1 fully saturated rings. The summed E-state index contributed by atoms with van der Waals surface area (Å²) < 4.78 is 0. The molecular weight excluding hydrogens is 374 g/mol. The number of nitrogens with zero attached hydrogens (tertiary/aromatic N) is 2. The fraction of sp³-hybridized carbons (Fsp3) is 0.364. The fourth-order valence-electron chi connectivity index (χ4n) is 4.17. The lowest BCUT2D eigenvalue weighted by atomic mass is 9.97. The van der Waals surface area contributed by atoms with Gasteiger partial charge < -0.3 is 15.5 Å². The smallest absolute Gasteiger partial charge is 0.232 e. The van der Waals surface area contributed by atoms with Crippen molar-refractivity contribution in [2.24, 2.45) is 5.92 Å². The number of anilines is 3. The molecule has 0 spiro atoms. The third kappa shape index (κ3) is 3.59. The van der Waals surface area contributed by atoms with Gasteiger partial charge >= 0.3 is 0 Å². The van der Waals surface area contributed by atoms with Gasteiger partial charge in [-0.1, -0.05) is 25.1 Å². The highest BCUT2D eigenvalue weighted by Gasteiger charge is 2.38. The Hall–Kier alpha value is -2.53. The number of rotatable bonds is 3. The average Bonchev–Trinajstić information content (AvgIpc) is 3.09. The molecule has 5 nitrogen and oxygen atoms in total. The van der Waals surface area contributed by atoms with Crippen LogP contribution in [0.5, 0.6) is 0 Å². The summed E-state index contributed by atoms with van der Waals surface area (Å²) in [7, 11) is 0. The van der Waals surface area contributed by atoms with Crippen LogP contribution in [-0.2, 0) is 22.4 Å². The lowest BCUT2D eigenvalue weighted by Crippen LogP contribution is -2.40.